The number of hydrogen-bond donors (Lipinski definition) is 0. The maximum Gasteiger partial charge on any atom is 0.115 e. The van der Waals surface area contributed by atoms with Gasteiger partial charge in [0, 0.05) is 45.9 Å². The fourth-order valence-electron chi connectivity index (χ4n) is 8.16. The van der Waals surface area contributed by atoms with Crippen LogP contribution in [0.25, 0.3) is 22.3 Å². The molecule has 7 aromatic rings. The summed E-state index contributed by atoms with van der Waals surface area (Å²) >= 11 is 0. The summed E-state index contributed by atoms with van der Waals surface area (Å²) in [6.07, 6.45) is 3.15. The van der Waals surface area contributed by atoms with Gasteiger partial charge in [-0.3, -0.25) is 0 Å². The van der Waals surface area contributed by atoms with E-state index in [9.17, 15) is 2.74 Å². The Hall–Kier alpha value is -5.80. The molecule has 0 saturated heterocycles. The Morgan fingerprint density at radius 1 is 0.579 bits per heavy atom. The molecule has 0 amide bonds. The lowest BCUT2D eigenvalue weighted by atomic mass is 9.85. The smallest absolute Gasteiger partial charge is 0.115 e. The Morgan fingerprint density at radius 2 is 1.12 bits per heavy atom. The van der Waals surface area contributed by atoms with Crippen LogP contribution in [0, 0.1) is 12.3 Å². The van der Waals surface area contributed by atoms with Gasteiger partial charge < -0.3 is 14.2 Å². The minimum atomic E-state index is -0.433. The van der Waals surface area contributed by atoms with Crippen molar-refractivity contribution >= 4 is 34.1 Å². The summed E-state index contributed by atoms with van der Waals surface area (Å²) in [6.45, 7) is 19.8. The number of rotatable bonds is 8. The first kappa shape index (κ1) is 32.3. The van der Waals surface area contributed by atoms with E-state index in [2.05, 4.69) is 170 Å². The van der Waals surface area contributed by atoms with E-state index in [4.69, 9.17) is 8.53 Å². The van der Waals surface area contributed by atoms with E-state index in [0.29, 0.717) is 17.8 Å². The summed E-state index contributed by atoms with van der Waals surface area (Å²) in [5, 5.41) is 0. The predicted molar refractivity (Wildman–Crippen MR) is 242 cm³/mol. The van der Waals surface area contributed by atoms with Crippen LogP contribution < -0.4 is 9.80 Å². The van der Waals surface area contributed by atoms with E-state index in [1.807, 2.05) is 17.0 Å². The van der Waals surface area contributed by atoms with Gasteiger partial charge in [-0.2, -0.15) is 0 Å². The normalized spacial score (nSPS) is 14.9. The highest BCUT2D eigenvalue weighted by Gasteiger charge is 2.36. The fraction of sp³-hybridized carbons (Fsp3) is 0.259. The number of benzene rings is 6. The van der Waals surface area contributed by atoms with Crippen LogP contribution in [0.2, 0.25) is 0 Å². The molecule has 288 valence electrons. The largest absolute Gasteiger partial charge is 0.467 e. The quantitative estimate of drug-likeness (QED) is 0.154. The second kappa shape index (κ2) is 14.6. The molecule has 57 heavy (non-hydrogen) atoms. The molecule has 0 bridgehead atoms. The van der Waals surface area contributed by atoms with Crippen LogP contribution in [0.4, 0.5) is 34.1 Å². The number of nitrogens with zero attached hydrogens (tertiary/aromatic N) is 2. The molecule has 1 heterocycles. The van der Waals surface area contributed by atoms with Crippen molar-refractivity contribution in [3.63, 3.8) is 0 Å². The first-order valence-corrected chi connectivity index (χ1v) is 20.0. The van der Waals surface area contributed by atoms with Crippen LogP contribution in [-0.2, 0) is 23.7 Å². The molecular formula is C54H56N2O. The lowest BCUT2D eigenvalue weighted by Crippen LogP contribution is -2.19. The molecule has 0 aliphatic heterocycles. The lowest BCUT2D eigenvalue weighted by molar-refractivity contribution is 0.364. The van der Waals surface area contributed by atoms with E-state index in [0.717, 1.165) is 68.2 Å². The average molecular weight is 754 g/mol. The summed E-state index contributed by atoms with van der Waals surface area (Å²) in [6, 6.07) is 39.1. The molecule has 6 aromatic carbocycles. The third-order valence-electron chi connectivity index (χ3n) is 11.1. The van der Waals surface area contributed by atoms with Crippen molar-refractivity contribution in [1.29, 1.82) is 0 Å². The Kier molecular flexibility index (Phi) is 8.28. The zero-order valence-electron chi connectivity index (χ0n) is 39.8. The first-order chi connectivity index (χ1) is 29.2. The molecule has 0 fully saturated rings. The molecule has 0 unspecified atom stereocenters. The average Bonchev–Trinajstić information content (AvgIpc) is 3.76. The van der Waals surface area contributed by atoms with Gasteiger partial charge in [-0.25, -0.2) is 0 Å². The lowest BCUT2D eigenvalue weighted by Gasteiger charge is -2.34. The molecule has 1 aromatic heterocycles. The number of fused-ring (bicyclic) bond motifs is 1. The van der Waals surface area contributed by atoms with Crippen molar-refractivity contribution in [2.45, 2.75) is 86.0 Å². The predicted octanol–water partition coefficient (Wildman–Crippen LogP) is 15.6. The molecule has 8 rings (SSSR count). The summed E-state index contributed by atoms with van der Waals surface area (Å²) in [4.78, 5) is 4.20. The van der Waals surface area contributed by atoms with Crippen molar-refractivity contribution in [2.24, 2.45) is 5.41 Å². The van der Waals surface area contributed by atoms with Gasteiger partial charge in [0.1, 0.15) is 12.0 Å². The number of furan rings is 1. The second-order valence-electron chi connectivity index (χ2n) is 18.4. The van der Waals surface area contributed by atoms with Crippen molar-refractivity contribution < 1.29 is 11.3 Å². The van der Waals surface area contributed by atoms with Crippen molar-refractivity contribution in [3.8, 4) is 22.3 Å². The Balaban J connectivity index is 1.51. The monoisotopic (exact) mass is 753 g/mol. The van der Waals surface area contributed by atoms with Crippen LogP contribution in [0.3, 0.4) is 0 Å². The Labute approximate surface area is 347 Å². The van der Waals surface area contributed by atoms with Gasteiger partial charge in [-0.05, 0) is 112 Å². The molecule has 0 saturated carbocycles. The summed E-state index contributed by atoms with van der Waals surface area (Å²) in [7, 11) is 0. The molecule has 1 aliphatic carbocycles. The number of hydrogen-bond acceptors (Lipinski definition) is 3. The number of aryl methyl sites for hydroxylation is 1. The molecule has 0 radical (unpaired) electrons. The molecule has 0 N–H and O–H groups in total. The molecule has 0 atom stereocenters. The number of anilines is 6. The summed E-state index contributed by atoms with van der Waals surface area (Å²) in [5.74, 6) is 0.856. The maximum absolute atomic E-state index is 9.36. The molecular weight excluding hydrogens is 693 g/mol. The molecule has 3 nitrogen and oxygen atoms in total. The van der Waals surface area contributed by atoms with Crippen LogP contribution >= 0.6 is 0 Å². The van der Waals surface area contributed by atoms with Crippen LogP contribution in [0.15, 0.2) is 156 Å². The zero-order valence-corrected chi connectivity index (χ0v) is 34.8. The summed E-state index contributed by atoms with van der Waals surface area (Å²) in [5.41, 5.74) is 12.3. The number of para-hydroxylation sites is 1. The van der Waals surface area contributed by atoms with E-state index in [1.54, 1.807) is 6.26 Å². The third-order valence-corrected chi connectivity index (χ3v) is 11.1. The molecule has 1 aliphatic rings. The van der Waals surface area contributed by atoms with Gasteiger partial charge in [0.05, 0.1) is 18.2 Å². The highest BCUT2D eigenvalue weighted by Crippen LogP contribution is 2.51. The van der Waals surface area contributed by atoms with Crippen LogP contribution in [0.5, 0.6) is 0 Å². The SMILES string of the molecule is [2H]c1c([2H])c([2H])c(N(c2cc(N(c3ccc(C(C)(C)C)cc3)c3c(-c4ccccc4)cc(C)cc3-c3ccccc3)cc(C(C)(C)C)c2)c2coc3c2CC(C)(C)C3)c([2H])c1[2H]. The van der Waals surface area contributed by atoms with Crippen molar-refractivity contribution in [2.75, 3.05) is 9.80 Å². The highest BCUT2D eigenvalue weighted by atomic mass is 16.3. The minimum Gasteiger partial charge on any atom is -0.467 e. The highest BCUT2D eigenvalue weighted by molar-refractivity contribution is 5.99. The Morgan fingerprint density at radius 3 is 1.67 bits per heavy atom. The maximum atomic E-state index is 9.36. The van der Waals surface area contributed by atoms with Crippen LogP contribution in [0.1, 0.15) is 90.3 Å². The van der Waals surface area contributed by atoms with E-state index in [-0.39, 0.29) is 46.1 Å². The topological polar surface area (TPSA) is 19.6 Å². The van der Waals surface area contributed by atoms with Gasteiger partial charge in [0.2, 0.25) is 0 Å². The second-order valence-corrected chi connectivity index (χ2v) is 18.4. The van der Waals surface area contributed by atoms with Crippen molar-refractivity contribution in [1.82, 2.24) is 0 Å². The van der Waals surface area contributed by atoms with E-state index < -0.39 is 6.04 Å². The fourth-order valence-corrected chi connectivity index (χ4v) is 8.16. The van der Waals surface area contributed by atoms with Gasteiger partial charge in [-0.15, -0.1) is 0 Å². The van der Waals surface area contributed by atoms with Gasteiger partial charge >= 0.3 is 0 Å². The minimum absolute atomic E-state index is 0.0687. The van der Waals surface area contributed by atoms with E-state index in [1.165, 1.54) is 5.56 Å². The van der Waals surface area contributed by atoms with Gasteiger partial charge in [0.15, 0.2) is 0 Å². The van der Waals surface area contributed by atoms with E-state index >= 15 is 0 Å². The Bertz CT molecular complexity index is 2710. The zero-order chi connectivity index (χ0) is 44.5. The summed E-state index contributed by atoms with van der Waals surface area (Å²) < 4.78 is 51.2. The molecule has 3 heteroatoms. The standard InChI is InChI=1S/C54H56N2O/c1-37-29-46(38-19-13-10-14-20-38)51(47(30-37)39-21-15-11-16-22-39)56(43-27-25-40(26-28-43)52(2,3)4)45-32-41(53(5,6)7)31-44(33-45)55(42-23-17-12-18-24-42)49-36-57-50-35-54(8,9)34-48(49)50/h10-33,36H,34-35H2,1-9H3/i12D,17D,18D,23D,24D. The first-order valence-electron chi connectivity index (χ1n) is 22.5. The van der Waals surface area contributed by atoms with Crippen LogP contribution in [-0.4, -0.2) is 0 Å². The third kappa shape index (κ3) is 7.68. The van der Waals surface area contributed by atoms with Crippen molar-refractivity contribution in [3.05, 3.63) is 180 Å². The molecule has 0 spiro atoms. The van der Waals surface area contributed by atoms with Gasteiger partial charge in [-0.1, -0.05) is 146 Å². The van der Waals surface area contributed by atoms with Gasteiger partial charge in [0.25, 0.3) is 0 Å².